The molecule has 2 rings (SSSR count). The summed E-state index contributed by atoms with van der Waals surface area (Å²) in [6.45, 7) is 5.60. The SMILES string of the molecule is CCC1CCCN(c2sc(C(C)O)cc2[N+](=O)[O-])CC1. The minimum absolute atomic E-state index is 0.140. The highest BCUT2D eigenvalue weighted by Crippen LogP contribution is 2.41. The maximum atomic E-state index is 11.2. The van der Waals surface area contributed by atoms with Crippen molar-refractivity contribution >= 4 is 22.0 Å². The number of aliphatic hydroxyl groups is 1. The molecule has 1 fully saturated rings. The summed E-state index contributed by atoms with van der Waals surface area (Å²) in [5.74, 6) is 0.732. The van der Waals surface area contributed by atoms with Crippen LogP contribution in [0.25, 0.3) is 0 Å². The second-order valence-corrected chi connectivity index (χ2v) is 6.53. The highest BCUT2D eigenvalue weighted by Gasteiger charge is 2.27. The van der Waals surface area contributed by atoms with E-state index in [0.717, 1.165) is 31.8 Å². The van der Waals surface area contributed by atoms with E-state index in [2.05, 4.69) is 11.8 Å². The number of hydrogen-bond donors (Lipinski definition) is 1. The molecule has 1 saturated heterocycles. The van der Waals surface area contributed by atoms with Gasteiger partial charge in [-0.1, -0.05) is 13.3 Å². The molecule has 5 nitrogen and oxygen atoms in total. The standard InChI is InChI=1S/C14H22N2O3S/c1-3-11-5-4-7-15(8-6-11)14-12(16(18)19)9-13(20-14)10(2)17/h9-11,17H,3-8H2,1-2H3. The van der Waals surface area contributed by atoms with Crippen molar-refractivity contribution in [2.75, 3.05) is 18.0 Å². The van der Waals surface area contributed by atoms with Gasteiger partial charge in [-0.15, -0.1) is 11.3 Å². The van der Waals surface area contributed by atoms with E-state index < -0.39 is 6.10 Å². The zero-order valence-corrected chi connectivity index (χ0v) is 12.9. The minimum atomic E-state index is -0.650. The zero-order valence-electron chi connectivity index (χ0n) is 12.0. The molecule has 1 aromatic heterocycles. The van der Waals surface area contributed by atoms with Gasteiger partial charge in [-0.05, 0) is 32.1 Å². The minimum Gasteiger partial charge on any atom is -0.388 e. The van der Waals surface area contributed by atoms with Crippen LogP contribution >= 0.6 is 11.3 Å². The summed E-state index contributed by atoms with van der Waals surface area (Å²) in [6.07, 6.45) is 3.91. The van der Waals surface area contributed by atoms with Crippen molar-refractivity contribution in [1.82, 2.24) is 0 Å². The molecular formula is C14H22N2O3S. The Labute approximate surface area is 123 Å². The number of rotatable bonds is 4. The lowest BCUT2D eigenvalue weighted by Crippen LogP contribution is -2.23. The molecule has 2 unspecified atom stereocenters. The number of anilines is 1. The Bertz CT molecular complexity index is 473. The maximum Gasteiger partial charge on any atom is 0.304 e. The molecule has 0 radical (unpaired) electrons. The molecule has 1 aliphatic rings. The third-order valence-electron chi connectivity index (χ3n) is 4.03. The average molecular weight is 298 g/mol. The van der Waals surface area contributed by atoms with Crippen LogP contribution in [-0.4, -0.2) is 23.1 Å². The Balaban J connectivity index is 2.24. The Morgan fingerprint density at radius 3 is 2.90 bits per heavy atom. The number of thiophene rings is 1. The molecule has 0 spiro atoms. The first-order chi connectivity index (χ1) is 9.52. The van der Waals surface area contributed by atoms with Crippen LogP contribution in [-0.2, 0) is 0 Å². The van der Waals surface area contributed by atoms with E-state index in [1.54, 1.807) is 6.92 Å². The van der Waals surface area contributed by atoms with Crippen LogP contribution in [0.4, 0.5) is 10.7 Å². The first kappa shape index (κ1) is 15.3. The van der Waals surface area contributed by atoms with Crippen molar-refractivity contribution in [1.29, 1.82) is 0 Å². The normalized spacial score (nSPS) is 21.6. The van der Waals surface area contributed by atoms with E-state index in [1.807, 2.05) is 0 Å². The molecule has 0 saturated carbocycles. The van der Waals surface area contributed by atoms with Gasteiger partial charge in [0.1, 0.15) is 0 Å². The summed E-state index contributed by atoms with van der Waals surface area (Å²) in [6, 6.07) is 1.52. The number of nitrogens with zero attached hydrogens (tertiary/aromatic N) is 2. The molecule has 1 aliphatic heterocycles. The van der Waals surface area contributed by atoms with Crippen molar-refractivity contribution < 1.29 is 10.0 Å². The van der Waals surface area contributed by atoms with Gasteiger partial charge in [-0.2, -0.15) is 0 Å². The Morgan fingerprint density at radius 1 is 1.55 bits per heavy atom. The lowest BCUT2D eigenvalue weighted by molar-refractivity contribution is -0.383. The molecule has 1 aromatic rings. The van der Waals surface area contributed by atoms with E-state index in [0.29, 0.717) is 9.88 Å². The molecule has 6 heteroatoms. The predicted molar refractivity (Wildman–Crippen MR) is 81.5 cm³/mol. The van der Waals surface area contributed by atoms with Crippen LogP contribution in [0.1, 0.15) is 50.5 Å². The van der Waals surface area contributed by atoms with Gasteiger partial charge >= 0.3 is 5.69 Å². The van der Waals surface area contributed by atoms with Crippen molar-refractivity contribution in [3.63, 3.8) is 0 Å². The lowest BCUT2D eigenvalue weighted by Gasteiger charge is -2.20. The Morgan fingerprint density at radius 2 is 2.30 bits per heavy atom. The fourth-order valence-corrected chi connectivity index (χ4v) is 3.84. The van der Waals surface area contributed by atoms with Crippen LogP contribution in [0.3, 0.4) is 0 Å². The van der Waals surface area contributed by atoms with Gasteiger partial charge in [0.25, 0.3) is 0 Å². The first-order valence-electron chi connectivity index (χ1n) is 7.24. The molecule has 20 heavy (non-hydrogen) atoms. The van der Waals surface area contributed by atoms with Crippen LogP contribution in [0.2, 0.25) is 0 Å². The third-order valence-corrected chi connectivity index (χ3v) is 5.39. The highest BCUT2D eigenvalue weighted by atomic mass is 32.1. The first-order valence-corrected chi connectivity index (χ1v) is 8.05. The summed E-state index contributed by atoms with van der Waals surface area (Å²) in [5, 5.41) is 21.6. The molecule has 0 amide bonds. The van der Waals surface area contributed by atoms with E-state index in [-0.39, 0.29) is 10.6 Å². The predicted octanol–water partition coefficient (Wildman–Crippen LogP) is 3.73. The van der Waals surface area contributed by atoms with E-state index in [4.69, 9.17) is 0 Å². The van der Waals surface area contributed by atoms with Crippen molar-refractivity contribution in [3.8, 4) is 0 Å². The molecule has 112 valence electrons. The van der Waals surface area contributed by atoms with Gasteiger partial charge in [0, 0.05) is 24.0 Å². The Hall–Kier alpha value is -1.14. The van der Waals surface area contributed by atoms with Gasteiger partial charge in [-0.25, -0.2) is 0 Å². The van der Waals surface area contributed by atoms with Crippen molar-refractivity contribution in [2.24, 2.45) is 5.92 Å². The largest absolute Gasteiger partial charge is 0.388 e. The average Bonchev–Trinajstić information content (AvgIpc) is 2.72. The summed E-state index contributed by atoms with van der Waals surface area (Å²) in [5.41, 5.74) is 0.140. The molecule has 2 atom stereocenters. The monoisotopic (exact) mass is 298 g/mol. The van der Waals surface area contributed by atoms with Crippen LogP contribution < -0.4 is 4.90 Å². The molecule has 0 bridgehead atoms. The van der Waals surface area contributed by atoms with Crippen LogP contribution in [0.5, 0.6) is 0 Å². The summed E-state index contributed by atoms with van der Waals surface area (Å²) >= 11 is 1.35. The number of aliphatic hydroxyl groups excluding tert-OH is 1. The molecule has 0 aromatic carbocycles. The molecule has 2 heterocycles. The maximum absolute atomic E-state index is 11.2. The fourth-order valence-electron chi connectivity index (χ4n) is 2.73. The van der Waals surface area contributed by atoms with Gasteiger partial charge < -0.3 is 10.0 Å². The van der Waals surface area contributed by atoms with Crippen molar-refractivity contribution in [3.05, 3.63) is 21.1 Å². The molecular weight excluding hydrogens is 276 g/mol. The van der Waals surface area contributed by atoms with Gasteiger partial charge in [0.2, 0.25) is 0 Å². The molecule has 0 aliphatic carbocycles. The summed E-state index contributed by atoms with van der Waals surface area (Å²) in [4.78, 5) is 13.7. The topological polar surface area (TPSA) is 66.6 Å². The van der Waals surface area contributed by atoms with Crippen LogP contribution in [0.15, 0.2) is 6.07 Å². The second-order valence-electron chi connectivity index (χ2n) is 5.46. The summed E-state index contributed by atoms with van der Waals surface area (Å²) < 4.78 is 0. The Kier molecular flexibility index (Phi) is 4.99. The van der Waals surface area contributed by atoms with Gasteiger partial charge in [0.05, 0.1) is 11.0 Å². The lowest BCUT2D eigenvalue weighted by atomic mass is 9.98. The van der Waals surface area contributed by atoms with E-state index in [1.165, 1.54) is 30.2 Å². The van der Waals surface area contributed by atoms with Crippen molar-refractivity contribution in [2.45, 2.75) is 45.6 Å². The zero-order chi connectivity index (χ0) is 14.7. The smallest absolute Gasteiger partial charge is 0.304 e. The van der Waals surface area contributed by atoms with E-state index in [9.17, 15) is 15.2 Å². The summed E-state index contributed by atoms with van der Waals surface area (Å²) in [7, 11) is 0. The molecule has 1 N–H and O–H groups in total. The second kappa shape index (κ2) is 6.54. The quantitative estimate of drug-likeness (QED) is 0.679. The van der Waals surface area contributed by atoms with Gasteiger partial charge in [0.15, 0.2) is 5.00 Å². The van der Waals surface area contributed by atoms with E-state index >= 15 is 0 Å². The number of hydrogen-bond acceptors (Lipinski definition) is 5. The number of nitro groups is 1. The van der Waals surface area contributed by atoms with Gasteiger partial charge in [-0.3, -0.25) is 10.1 Å². The fraction of sp³-hybridized carbons (Fsp3) is 0.714. The highest BCUT2D eigenvalue weighted by molar-refractivity contribution is 7.16. The van der Waals surface area contributed by atoms with Crippen LogP contribution in [0, 0.1) is 16.0 Å². The third kappa shape index (κ3) is 3.30.